The number of hydrogen-bond donors (Lipinski definition) is 1. The summed E-state index contributed by atoms with van der Waals surface area (Å²) in [6, 6.07) is 2.52. The van der Waals surface area contributed by atoms with E-state index in [-0.39, 0.29) is 33.9 Å². The van der Waals surface area contributed by atoms with Gasteiger partial charge in [-0.25, -0.2) is 0 Å². The highest BCUT2D eigenvalue weighted by molar-refractivity contribution is 7.98. The van der Waals surface area contributed by atoms with E-state index >= 15 is 0 Å². The molecule has 0 aliphatic carbocycles. The number of nitrogen functional groups attached to an aromatic ring is 1. The number of halogens is 1. The molecule has 0 aromatic heterocycles. The maximum Gasteiger partial charge on any atom is 0.294 e. The van der Waals surface area contributed by atoms with Crippen LogP contribution in [0, 0.1) is 10.1 Å². The summed E-state index contributed by atoms with van der Waals surface area (Å²) in [5, 5.41) is 10.9. The maximum atomic E-state index is 12.3. The van der Waals surface area contributed by atoms with Crippen molar-refractivity contribution in [3.63, 3.8) is 0 Å². The van der Waals surface area contributed by atoms with Gasteiger partial charge in [-0.05, 0) is 19.2 Å². The zero-order chi connectivity index (χ0) is 15.4. The van der Waals surface area contributed by atoms with Crippen molar-refractivity contribution in [2.45, 2.75) is 13.0 Å². The minimum Gasteiger partial charge on any atom is -0.392 e. The summed E-state index contributed by atoms with van der Waals surface area (Å²) in [6.07, 6.45) is 1.94. The molecule has 0 aliphatic heterocycles. The summed E-state index contributed by atoms with van der Waals surface area (Å²) in [5.41, 5.74) is 5.21. The molecule has 1 aromatic carbocycles. The summed E-state index contributed by atoms with van der Waals surface area (Å²) < 4.78 is 0. The molecule has 0 aliphatic rings. The van der Waals surface area contributed by atoms with Gasteiger partial charge in [0.25, 0.3) is 11.6 Å². The monoisotopic (exact) mass is 317 g/mol. The molecule has 0 saturated carbocycles. The number of thioether (sulfide) groups is 1. The van der Waals surface area contributed by atoms with Crippen LogP contribution in [0.1, 0.15) is 17.3 Å². The van der Waals surface area contributed by atoms with Crippen molar-refractivity contribution in [1.29, 1.82) is 0 Å². The van der Waals surface area contributed by atoms with Gasteiger partial charge in [0.2, 0.25) is 0 Å². The van der Waals surface area contributed by atoms with Gasteiger partial charge in [-0.1, -0.05) is 11.6 Å². The topological polar surface area (TPSA) is 89.5 Å². The SMILES string of the molecule is CSCC(C)N(C)C(=O)c1cc(Cl)c(N)c([N+](=O)[O-])c1. The first-order valence-electron chi connectivity index (χ1n) is 5.79. The van der Waals surface area contributed by atoms with Gasteiger partial charge >= 0.3 is 0 Å². The fourth-order valence-electron chi connectivity index (χ4n) is 1.63. The van der Waals surface area contributed by atoms with Gasteiger partial charge in [-0.15, -0.1) is 0 Å². The van der Waals surface area contributed by atoms with Gasteiger partial charge in [0.1, 0.15) is 5.69 Å². The summed E-state index contributed by atoms with van der Waals surface area (Å²) in [7, 11) is 1.65. The summed E-state index contributed by atoms with van der Waals surface area (Å²) in [4.78, 5) is 24.1. The van der Waals surface area contributed by atoms with Crippen LogP contribution in [0.4, 0.5) is 11.4 Å². The number of nitro groups is 1. The van der Waals surface area contributed by atoms with Crippen LogP contribution in [0.2, 0.25) is 5.02 Å². The molecule has 110 valence electrons. The molecule has 6 nitrogen and oxygen atoms in total. The number of hydrogen-bond acceptors (Lipinski definition) is 5. The number of amides is 1. The van der Waals surface area contributed by atoms with E-state index in [0.717, 1.165) is 11.8 Å². The molecule has 0 saturated heterocycles. The second-order valence-electron chi connectivity index (χ2n) is 4.37. The highest BCUT2D eigenvalue weighted by atomic mass is 35.5. The third kappa shape index (κ3) is 3.55. The van der Waals surface area contributed by atoms with Crippen LogP contribution in [0.3, 0.4) is 0 Å². The lowest BCUT2D eigenvalue weighted by molar-refractivity contribution is -0.383. The van der Waals surface area contributed by atoms with E-state index in [1.807, 2.05) is 13.2 Å². The van der Waals surface area contributed by atoms with Gasteiger partial charge in [0.05, 0.1) is 9.95 Å². The first-order chi connectivity index (χ1) is 9.29. The molecule has 8 heteroatoms. The summed E-state index contributed by atoms with van der Waals surface area (Å²) in [6.45, 7) is 1.90. The zero-order valence-corrected chi connectivity index (χ0v) is 13.0. The lowest BCUT2D eigenvalue weighted by Crippen LogP contribution is -2.36. The van der Waals surface area contributed by atoms with E-state index in [9.17, 15) is 14.9 Å². The van der Waals surface area contributed by atoms with Gasteiger partial charge in [-0.3, -0.25) is 14.9 Å². The third-order valence-electron chi connectivity index (χ3n) is 2.94. The second kappa shape index (κ2) is 6.81. The molecule has 1 aromatic rings. The van der Waals surface area contributed by atoms with Crippen molar-refractivity contribution in [3.05, 3.63) is 32.8 Å². The first-order valence-corrected chi connectivity index (χ1v) is 7.56. The second-order valence-corrected chi connectivity index (χ2v) is 5.69. The average molecular weight is 318 g/mol. The van der Waals surface area contributed by atoms with Gasteiger partial charge in [0, 0.05) is 30.5 Å². The van der Waals surface area contributed by atoms with Crippen LogP contribution in [0.15, 0.2) is 12.1 Å². The normalized spacial score (nSPS) is 12.0. The zero-order valence-electron chi connectivity index (χ0n) is 11.4. The smallest absolute Gasteiger partial charge is 0.294 e. The van der Waals surface area contributed by atoms with Crippen LogP contribution in [0.25, 0.3) is 0 Å². The molecular weight excluding hydrogens is 302 g/mol. The summed E-state index contributed by atoms with van der Waals surface area (Å²) in [5.74, 6) is 0.448. The van der Waals surface area contributed by atoms with Crippen molar-refractivity contribution < 1.29 is 9.72 Å². The molecule has 1 amide bonds. The van der Waals surface area contributed by atoms with Crippen molar-refractivity contribution in [2.75, 3.05) is 24.8 Å². The van der Waals surface area contributed by atoms with E-state index in [0.29, 0.717) is 0 Å². The third-order valence-corrected chi connectivity index (χ3v) is 4.07. The number of benzene rings is 1. The Morgan fingerprint density at radius 1 is 1.60 bits per heavy atom. The van der Waals surface area contributed by atoms with E-state index in [1.54, 1.807) is 18.8 Å². The number of carbonyl (C=O) groups is 1. The highest BCUT2D eigenvalue weighted by Gasteiger charge is 2.23. The van der Waals surface area contributed by atoms with Crippen molar-refractivity contribution >= 4 is 40.6 Å². The van der Waals surface area contributed by atoms with Crippen LogP contribution < -0.4 is 5.73 Å². The molecule has 20 heavy (non-hydrogen) atoms. The van der Waals surface area contributed by atoms with Crippen LogP contribution in [0.5, 0.6) is 0 Å². The molecule has 0 heterocycles. The van der Waals surface area contributed by atoms with Gasteiger partial charge in [-0.2, -0.15) is 11.8 Å². The van der Waals surface area contributed by atoms with E-state index in [2.05, 4.69) is 0 Å². The fraction of sp³-hybridized carbons (Fsp3) is 0.417. The van der Waals surface area contributed by atoms with Gasteiger partial charge < -0.3 is 10.6 Å². The predicted molar refractivity (Wildman–Crippen MR) is 82.5 cm³/mol. The average Bonchev–Trinajstić information content (AvgIpc) is 2.39. The molecule has 0 fully saturated rings. The number of nitrogens with two attached hydrogens (primary N) is 1. The number of carbonyl (C=O) groups excluding carboxylic acids is 1. The molecule has 1 rings (SSSR count). The Bertz CT molecular complexity index is 539. The van der Waals surface area contributed by atoms with Crippen molar-refractivity contribution in [2.24, 2.45) is 0 Å². The molecule has 1 atom stereocenters. The lowest BCUT2D eigenvalue weighted by Gasteiger charge is -2.24. The Morgan fingerprint density at radius 2 is 2.20 bits per heavy atom. The Labute approximate surface area is 126 Å². The van der Waals surface area contributed by atoms with Crippen LogP contribution in [-0.4, -0.2) is 40.8 Å². The largest absolute Gasteiger partial charge is 0.392 e. The van der Waals surface area contributed by atoms with E-state index < -0.39 is 4.92 Å². The number of nitro benzene ring substituents is 1. The van der Waals surface area contributed by atoms with Crippen LogP contribution >= 0.6 is 23.4 Å². The molecule has 2 N–H and O–H groups in total. The number of anilines is 1. The maximum absolute atomic E-state index is 12.3. The van der Waals surface area contributed by atoms with Crippen molar-refractivity contribution in [1.82, 2.24) is 4.90 Å². The quantitative estimate of drug-likeness (QED) is 0.512. The first kappa shape index (κ1) is 16.6. The Hall–Kier alpha value is -1.47. The lowest BCUT2D eigenvalue weighted by atomic mass is 10.1. The minimum absolute atomic E-state index is 0.00730. The Kier molecular flexibility index (Phi) is 5.64. The van der Waals surface area contributed by atoms with Crippen LogP contribution in [-0.2, 0) is 0 Å². The molecular formula is C12H16ClN3O3S. The van der Waals surface area contributed by atoms with E-state index in [1.165, 1.54) is 11.0 Å². The molecule has 0 spiro atoms. The Balaban J connectivity index is 3.14. The standard InChI is InChI=1S/C12H16ClN3O3S/c1-7(6-20-3)15(2)12(17)8-4-9(13)11(14)10(5-8)16(18)19/h4-5,7H,6,14H2,1-3H3. The van der Waals surface area contributed by atoms with Gasteiger partial charge in [0.15, 0.2) is 0 Å². The predicted octanol–water partition coefficient (Wildman–Crippen LogP) is 2.65. The summed E-state index contributed by atoms with van der Waals surface area (Å²) >= 11 is 7.46. The molecule has 0 bridgehead atoms. The molecule has 0 radical (unpaired) electrons. The Morgan fingerprint density at radius 3 is 2.70 bits per heavy atom. The fourth-order valence-corrected chi connectivity index (χ4v) is 2.56. The number of rotatable bonds is 5. The van der Waals surface area contributed by atoms with Crippen molar-refractivity contribution in [3.8, 4) is 0 Å². The highest BCUT2D eigenvalue weighted by Crippen LogP contribution is 2.31. The molecule has 1 unspecified atom stereocenters. The minimum atomic E-state index is -0.649. The number of nitrogens with zero attached hydrogens (tertiary/aromatic N) is 2. The van der Waals surface area contributed by atoms with E-state index in [4.69, 9.17) is 17.3 Å².